The fraction of sp³-hybridized carbons (Fsp3) is 0.600. The normalized spacial score (nSPS) is 39.2. The molecule has 3 atom stereocenters. The molecule has 2 rings (SSSR count). The lowest BCUT2D eigenvalue weighted by molar-refractivity contribution is 0.177. The van der Waals surface area contributed by atoms with Crippen LogP contribution < -0.4 is 5.73 Å². The Morgan fingerprint density at radius 2 is 2.31 bits per heavy atom. The first kappa shape index (κ1) is 8.91. The van der Waals surface area contributed by atoms with Crippen molar-refractivity contribution in [2.75, 3.05) is 13.2 Å². The third-order valence-electron chi connectivity index (χ3n) is 2.81. The summed E-state index contributed by atoms with van der Waals surface area (Å²) < 4.78 is 17.9. The van der Waals surface area contributed by atoms with Crippen molar-refractivity contribution in [3.05, 3.63) is 24.1 Å². The number of nitrogens with two attached hydrogens (primary N) is 1. The Kier molecular flexibility index (Phi) is 2.47. The molecule has 2 aliphatic rings. The molecule has 0 saturated carbocycles. The molecule has 0 amide bonds. The average molecular weight is 183 g/mol. The van der Waals surface area contributed by atoms with E-state index in [-0.39, 0.29) is 11.9 Å². The number of ether oxygens (including phenoxy) is 1. The second-order valence-electron chi connectivity index (χ2n) is 3.71. The molecule has 1 aliphatic heterocycles. The summed E-state index contributed by atoms with van der Waals surface area (Å²) in [5.41, 5.74) is 5.87. The van der Waals surface area contributed by atoms with Crippen LogP contribution in [-0.4, -0.2) is 19.3 Å². The Bertz CT molecular complexity index is 249. The van der Waals surface area contributed by atoms with Gasteiger partial charge in [0.1, 0.15) is 5.83 Å². The number of halogens is 1. The second-order valence-corrected chi connectivity index (χ2v) is 3.71. The van der Waals surface area contributed by atoms with Crippen LogP contribution in [0.15, 0.2) is 24.1 Å². The molecule has 2 N–H and O–H groups in total. The molecule has 0 aromatic carbocycles. The largest absolute Gasteiger partial charge is 0.379 e. The van der Waals surface area contributed by atoms with Gasteiger partial charge in [-0.3, -0.25) is 0 Å². The third kappa shape index (κ3) is 1.81. The molecule has 2 nitrogen and oxygen atoms in total. The minimum Gasteiger partial charge on any atom is -0.379 e. The van der Waals surface area contributed by atoms with Gasteiger partial charge in [0.05, 0.1) is 13.2 Å². The Labute approximate surface area is 77.3 Å². The summed E-state index contributed by atoms with van der Waals surface area (Å²) >= 11 is 0. The van der Waals surface area contributed by atoms with Crippen LogP contribution in [-0.2, 0) is 4.74 Å². The zero-order valence-corrected chi connectivity index (χ0v) is 7.45. The number of allylic oxidation sites excluding steroid dienone is 4. The fourth-order valence-corrected chi connectivity index (χ4v) is 1.96. The van der Waals surface area contributed by atoms with Gasteiger partial charge in [-0.1, -0.05) is 6.08 Å². The number of hydrogen-bond donors (Lipinski definition) is 1. The Morgan fingerprint density at radius 3 is 2.85 bits per heavy atom. The quantitative estimate of drug-likeness (QED) is 0.666. The highest BCUT2D eigenvalue weighted by Gasteiger charge is 2.31. The molecule has 1 aliphatic carbocycles. The van der Waals surface area contributed by atoms with Crippen molar-refractivity contribution < 1.29 is 9.13 Å². The summed E-state index contributed by atoms with van der Waals surface area (Å²) in [4.78, 5) is 0. The molecule has 0 aromatic rings. The summed E-state index contributed by atoms with van der Waals surface area (Å²) in [7, 11) is 0. The highest BCUT2D eigenvalue weighted by molar-refractivity contribution is 5.18. The van der Waals surface area contributed by atoms with E-state index >= 15 is 0 Å². The third-order valence-corrected chi connectivity index (χ3v) is 2.81. The van der Waals surface area contributed by atoms with Gasteiger partial charge in [-0.25, -0.2) is 4.39 Å². The lowest BCUT2D eigenvalue weighted by Crippen LogP contribution is -2.33. The van der Waals surface area contributed by atoms with Crippen molar-refractivity contribution in [2.45, 2.75) is 12.5 Å². The van der Waals surface area contributed by atoms with Crippen LogP contribution in [0, 0.1) is 11.8 Å². The minimum absolute atomic E-state index is 0.115. The van der Waals surface area contributed by atoms with Crippen LogP contribution in [0.1, 0.15) is 6.42 Å². The lowest BCUT2D eigenvalue weighted by Gasteiger charge is -2.22. The molecule has 0 spiro atoms. The van der Waals surface area contributed by atoms with Crippen molar-refractivity contribution in [1.82, 2.24) is 0 Å². The van der Waals surface area contributed by atoms with E-state index in [1.54, 1.807) is 6.08 Å². The lowest BCUT2D eigenvalue weighted by atomic mass is 9.84. The van der Waals surface area contributed by atoms with E-state index in [9.17, 15) is 4.39 Å². The summed E-state index contributed by atoms with van der Waals surface area (Å²) in [6, 6.07) is 0.115. The van der Waals surface area contributed by atoms with Crippen LogP contribution in [0.2, 0.25) is 0 Å². The van der Waals surface area contributed by atoms with Gasteiger partial charge in [0.2, 0.25) is 0 Å². The van der Waals surface area contributed by atoms with Gasteiger partial charge < -0.3 is 10.5 Å². The molecule has 3 heteroatoms. The molecule has 0 bridgehead atoms. The maximum Gasteiger partial charge on any atom is 0.118 e. The van der Waals surface area contributed by atoms with Gasteiger partial charge in [-0.05, 0) is 24.5 Å². The minimum atomic E-state index is -0.135. The van der Waals surface area contributed by atoms with Crippen molar-refractivity contribution in [2.24, 2.45) is 17.6 Å². The molecule has 1 unspecified atom stereocenters. The zero-order valence-electron chi connectivity index (χ0n) is 7.45. The summed E-state index contributed by atoms with van der Waals surface area (Å²) in [5.74, 6) is 0.585. The second kappa shape index (κ2) is 3.60. The fourth-order valence-electron chi connectivity index (χ4n) is 1.96. The van der Waals surface area contributed by atoms with Crippen LogP contribution in [0.4, 0.5) is 4.39 Å². The van der Waals surface area contributed by atoms with Crippen molar-refractivity contribution in [1.29, 1.82) is 0 Å². The van der Waals surface area contributed by atoms with Crippen LogP contribution in [0.25, 0.3) is 0 Å². The van der Waals surface area contributed by atoms with E-state index in [0.29, 0.717) is 25.0 Å². The molecule has 13 heavy (non-hydrogen) atoms. The molecular formula is C10H14FNO. The SMILES string of the molecule is N[C@@H]1COC[C@@H]1C1C=CC(F)=CC1. The molecule has 0 aromatic heterocycles. The molecular weight excluding hydrogens is 169 g/mol. The number of rotatable bonds is 1. The Hall–Kier alpha value is -0.670. The molecule has 1 fully saturated rings. The average Bonchev–Trinajstić information content (AvgIpc) is 2.53. The van der Waals surface area contributed by atoms with Gasteiger partial charge in [0, 0.05) is 12.0 Å². The molecule has 1 saturated heterocycles. The van der Waals surface area contributed by atoms with Crippen LogP contribution >= 0.6 is 0 Å². The van der Waals surface area contributed by atoms with E-state index in [1.807, 2.05) is 6.08 Å². The Balaban J connectivity index is 1.99. The van der Waals surface area contributed by atoms with Gasteiger partial charge >= 0.3 is 0 Å². The summed E-state index contributed by atoms with van der Waals surface area (Å²) in [6.45, 7) is 1.35. The smallest absolute Gasteiger partial charge is 0.118 e. The summed E-state index contributed by atoms with van der Waals surface area (Å²) in [6.07, 6.45) is 5.81. The van der Waals surface area contributed by atoms with Gasteiger partial charge in [0.15, 0.2) is 0 Å². The van der Waals surface area contributed by atoms with Gasteiger partial charge in [0.25, 0.3) is 0 Å². The predicted molar refractivity (Wildman–Crippen MR) is 48.7 cm³/mol. The summed E-state index contributed by atoms with van der Waals surface area (Å²) in [5, 5.41) is 0. The molecule has 1 heterocycles. The first-order chi connectivity index (χ1) is 6.27. The first-order valence-electron chi connectivity index (χ1n) is 4.64. The highest BCUT2D eigenvalue weighted by Crippen LogP contribution is 2.29. The van der Waals surface area contributed by atoms with E-state index in [4.69, 9.17) is 10.5 Å². The van der Waals surface area contributed by atoms with Gasteiger partial charge in [-0.15, -0.1) is 0 Å². The van der Waals surface area contributed by atoms with Gasteiger partial charge in [-0.2, -0.15) is 0 Å². The van der Waals surface area contributed by atoms with E-state index in [2.05, 4.69) is 0 Å². The monoisotopic (exact) mass is 183 g/mol. The maximum atomic E-state index is 12.7. The molecule has 72 valence electrons. The predicted octanol–water partition coefficient (Wildman–Crippen LogP) is 1.39. The maximum absolute atomic E-state index is 12.7. The topological polar surface area (TPSA) is 35.2 Å². The van der Waals surface area contributed by atoms with E-state index in [1.165, 1.54) is 6.08 Å². The van der Waals surface area contributed by atoms with Crippen molar-refractivity contribution >= 4 is 0 Å². The Morgan fingerprint density at radius 1 is 1.46 bits per heavy atom. The van der Waals surface area contributed by atoms with Crippen LogP contribution in [0.3, 0.4) is 0 Å². The number of hydrogen-bond acceptors (Lipinski definition) is 2. The van der Waals surface area contributed by atoms with E-state index in [0.717, 1.165) is 6.42 Å². The first-order valence-corrected chi connectivity index (χ1v) is 4.64. The van der Waals surface area contributed by atoms with Crippen molar-refractivity contribution in [3.8, 4) is 0 Å². The zero-order chi connectivity index (χ0) is 9.26. The van der Waals surface area contributed by atoms with Crippen molar-refractivity contribution in [3.63, 3.8) is 0 Å². The van der Waals surface area contributed by atoms with Crippen LogP contribution in [0.5, 0.6) is 0 Å². The highest BCUT2D eigenvalue weighted by atomic mass is 19.1. The standard InChI is InChI=1S/C10H14FNO/c11-8-3-1-7(2-4-8)9-5-13-6-10(9)12/h1,3-4,7,9-10H,2,5-6,12H2/t7?,9-,10-/m1/s1. The van der Waals surface area contributed by atoms with E-state index < -0.39 is 0 Å². The molecule has 0 radical (unpaired) electrons.